The van der Waals surface area contributed by atoms with E-state index in [4.69, 9.17) is 5.73 Å². The number of nitrogens with two attached hydrogens (primary N) is 1. The molecular formula is C18H22N2O. The summed E-state index contributed by atoms with van der Waals surface area (Å²) < 4.78 is 0. The maximum Gasteiger partial charge on any atom is 0.228 e. The van der Waals surface area contributed by atoms with Crippen LogP contribution in [0.3, 0.4) is 0 Å². The largest absolute Gasteiger partial charge is 0.326 e. The summed E-state index contributed by atoms with van der Waals surface area (Å²) in [5.41, 5.74) is 12.0. The van der Waals surface area contributed by atoms with Crippen LogP contribution in [-0.2, 0) is 17.8 Å². The third kappa shape index (κ3) is 3.70. The van der Waals surface area contributed by atoms with Gasteiger partial charge in [0, 0.05) is 12.2 Å². The van der Waals surface area contributed by atoms with Crippen molar-refractivity contribution in [3.8, 4) is 0 Å². The maximum atomic E-state index is 12.3. The second-order valence-electron chi connectivity index (χ2n) is 5.47. The zero-order valence-electron chi connectivity index (χ0n) is 12.9. The molecule has 3 N–H and O–H groups in total. The van der Waals surface area contributed by atoms with E-state index in [1.54, 1.807) is 0 Å². The maximum absolute atomic E-state index is 12.3. The number of rotatable bonds is 4. The molecule has 0 spiro atoms. The number of hydrogen-bond donors (Lipinski definition) is 2. The van der Waals surface area contributed by atoms with Gasteiger partial charge in [0.15, 0.2) is 0 Å². The lowest BCUT2D eigenvalue weighted by Crippen LogP contribution is -2.17. The van der Waals surface area contributed by atoms with E-state index in [0.717, 1.165) is 27.9 Å². The summed E-state index contributed by atoms with van der Waals surface area (Å²) in [5.74, 6) is -0.00838. The summed E-state index contributed by atoms with van der Waals surface area (Å²) in [6.45, 7) is 6.54. The van der Waals surface area contributed by atoms with E-state index >= 15 is 0 Å². The molecule has 1 amide bonds. The fourth-order valence-corrected chi connectivity index (χ4v) is 2.66. The molecule has 0 heterocycles. The Hall–Kier alpha value is -2.13. The molecule has 2 rings (SSSR count). The second kappa shape index (κ2) is 6.55. The predicted octanol–water partition coefficient (Wildman–Crippen LogP) is 3.25. The van der Waals surface area contributed by atoms with Crippen LogP contribution >= 0.6 is 0 Å². The van der Waals surface area contributed by atoms with Gasteiger partial charge in [0.1, 0.15) is 0 Å². The van der Waals surface area contributed by atoms with Gasteiger partial charge in [-0.2, -0.15) is 0 Å². The van der Waals surface area contributed by atoms with Crippen molar-refractivity contribution in [2.75, 3.05) is 5.32 Å². The van der Waals surface area contributed by atoms with E-state index < -0.39 is 0 Å². The molecule has 0 aliphatic carbocycles. The molecule has 0 aromatic heterocycles. The van der Waals surface area contributed by atoms with Crippen LogP contribution in [0.4, 0.5) is 5.69 Å². The van der Waals surface area contributed by atoms with Crippen molar-refractivity contribution in [1.29, 1.82) is 0 Å². The molecule has 0 radical (unpaired) electrons. The van der Waals surface area contributed by atoms with Crippen LogP contribution in [0.5, 0.6) is 0 Å². The monoisotopic (exact) mass is 282 g/mol. The average molecular weight is 282 g/mol. The number of benzene rings is 2. The highest BCUT2D eigenvalue weighted by molar-refractivity contribution is 5.94. The van der Waals surface area contributed by atoms with Gasteiger partial charge in [-0.05, 0) is 43.0 Å². The lowest BCUT2D eigenvalue weighted by Gasteiger charge is -2.13. The van der Waals surface area contributed by atoms with Crippen LogP contribution in [0.25, 0.3) is 0 Å². The summed E-state index contributed by atoms with van der Waals surface area (Å²) in [4.78, 5) is 12.3. The minimum Gasteiger partial charge on any atom is -0.326 e. The summed E-state index contributed by atoms with van der Waals surface area (Å²) in [6, 6.07) is 12.0. The normalized spacial score (nSPS) is 10.5. The second-order valence-corrected chi connectivity index (χ2v) is 5.47. The van der Waals surface area contributed by atoms with E-state index in [9.17, 15) is 4.79 Å². The van der Waals surface area contributed by atoms with Gasteiger partial charge in [-0.15, -0.1) is 0 Å². The highest BCUT2D eigenvalue weighted by atomic mass is 16.1. The Balaban J connectivity index is 2.16. The van der Waals surface area contributed by atoms with E-state index in [-0.39, 0.29) is 5.91 Å². The van der Waals surface area contributed by atoms with Crippen molar-refractivity contribution in [1.82, 2.24) is 0 Å². The molecule has 0 bridgehead atoms. The van der Waals surface area contributed by atoms with E-state index in [1.165, 1.54) is 5.56 Å². The summed E-state index contributed by atoms with van der Waals surface area (Å²) in [7, 11) is 0. The zero-order chi connectivity index (χ0) is 15.4. The number of nitrogens with one attached hydrogen (secondary N) is 1. The summed E-state index contributed by atoms with van der Waals surface area (Å²) in [6.07, 6.45) is 0.347. The molecule has 0 fully saturated rings. The molecular weight excluding hydrogens is 260 g/mol. The number of anilines is 1. The molecule has 0 aliphatic heterocycles. The van der Waals surface area contributed by atoms with Gasteiger partial charge in [-0.1, -0.05) is 42.0 Å². The molecule has 0 unspecified atom stereocenters. The first-order valence-electron chi connectivity index (χ1n) is 7.16. The van der Waals surface area contributed by atoms with Gasteiger partial charge in [-0.3, -0.25) is 4.79 Å². The van der Waals surface area contributed by atoms with Crippen LogP contribution in [0.15, 0.2) is 36.4 Å². The first-order valence-corrected chi connectivity index (χ1v) is 7.16. The third-order valence-corrected chi connectivity index (χ3v) is 3.63. The van der Waals surface area contributed by atoms with Crippen LogP contribution in [0.1, 0.15) is 27.8 Å². The van der Waals surface area contributed by atoms with Crippen molar-refractivity contribution >= 4 is 11.6 Å². The first kappa shape index (κ1) is 15.3. The smallest absolute Gasteiger partial charge is 0.228 e. The number of amides is 1. The van der Waals surface area contributed by atoms with Gasteiger partial charge in [0.2, 0.25) is 5.91 Å². The standard InChI is InChI=1S/C18H22N2O/c1-12-8-13(2)18(14(3)9-12)20-17(21)10-15-6-4-5-7-16(15)11-19/h4-9H,10-11,19H2,1-3H3,(H,20,21). The van der Waals surface area contributed by atoms with Gasteiger partial charge in [-0.25, -0.2) is 0 Å². The molecule has 2 aromatic carbocycles. The SMILES string of the molecule is Cc1cc(C)c(NC(=O)Cc2ccccc2CN)c(C)c1. The topological polar surface area (TPSA) is 55.1 Å². The summed E-state index contributed by atoms with van der Waals surface area (Å²) in [5, 5.41) is 3.03. The van der Waals surface area contributed by atoms with Crippen molar-refractivity contribution < 1.29 is 4.79 Å². The third-order valence-electron chi connectivity index (χ3n) is 3.63. The Morgan fingerprint density at radius 1 is 1.05 bits per heavy atom. The first-order chi connectivity index (χ1) is 10.0. The Labute approximate surface area is 126 Å². The molecule has 110 valence electrons. The van der Waals surface area contributed by atoms with Gasteiger partial charge in [0.25, 0.3) is 0 Å². The fraction of sp³-hybridized carbons (Fsp3) is 0.278. The molecule has 3 heteroatoms. The Morgan fingerprint density at radius 2 is 1.62 bits per heavy atom. The van der Waals surface area contributed by atoms with Crippen molar-refractivity contribution in [3.05, 3.63) is 64.2 Å². The van der Waals surface area contributed by atoms with Crippen molar-refractivity contribution in [2.45, 2.75) is 33.7 Å². The highest BCUT2D eigenvalue weighted by Gasteiger charge is 2.10. The number of hydrogen-bond acceptors (Lipinski definition) is 2. The fourth-order valence-electron chi connectivity index (χ4n) is 2.66. The van der Waals surface area contributed by atoms with E-state index in [1.807, 2.05) is 38.1 Å². The Bertz CT molecular complexity index is 639. The number of carbonyl (C=O) groups excluding carboxylic acids is 1. The highest BCUT2D eigenvalue weighted by Crippen LogP contribution is 2.22. The number of aryl methyl sites for hydroxylation is 3. The molecule has 0 saturated carbocycles. The zero-order valence-corrected chi connectivity index (χ0v) is 12.9. The lowest BCUT2D eigenvalue weighted by atomic mass is 10.0. The van der Waals surface area contributed by atoms with Gasteiger partial charge >= 0.3 is 0 Å². The van der Waals surface area contributed by atoms with Crippen LogP contribution in [0, 0.1) is 20.8 Å². The molecule has 0 saturated heterocycles. The van der Waals surface area contributed by atoms with Gasteiger partial charge < -0.3 is 11.1 Å². The van der Waals surface area contributed by atoms with E-state index in [0.29, 0.717) is 13.0 Å². The van der Waals surface area contributed by atoms with Crippen LogP contribution < -0.4 is 11.1 Å². The molecule has 2 aromatic rings. The predicted molar refractivity (Wildman–Crippen MR) is 87.3 cm³/mol. The van der Waals surface area contributed by atoms with Crippen LogP contribution in [0.2, 0.25) is 0 Å². The summed E-state index contributed by atoms with van der Waals surface area (Å²) >= 11 is 0. The minimum atomic E-state index is -0.00838. The molecule has 0 aliphatic rings. The lowest BCUT2D eigenvalue weighted by molar-refractivity contribution is -0.115. The Kier molecular flexibility index (Phi) is 4.76. The average Bonchev–Trinajstić information content (AvgIpc) is 2.43. The van der Waals surface area contributed by atoms with Crippen LogP contribution in [-0.4, -0.2) is 5.91 Å². The quantitative estimate of drug-likeness (QED) is 0.904. The number of carbonyl (C=O) groups is 1. The Morgan fingerprint density at radius 3 is 2.19 bits per heavy atom. The van der Waals surface area contributed by atoms with Gasteiger partial charge in [0.05, 0.1) is 6.42 Å². The minimum absolute atomic E-state index is 0.00838. The van der Waals surface area contributed by atoms with Crippen molar-refractivity contribution in [2.24, 2.45) is 5.73 Å². The van der Waals surface area contributed by atoms with E-state index in [2.05, 4.69) is 24.4 Å². The van der Waals surface area contributed by atoms with Crippen molar-refractivity contribution in [3.63, 3.8) is 0 Å². The molecule has 0 atom stereocenters. The molecule has 21 heavy (non-hydrogen) atoms. The molecule has 3 nitrogen and oxygen atoms in total.